The number of pyridine rings is 1. The Labute approximate surface area is 202 Å². The third-order valence-corrected chi connectivity index (χ3v) is 6.41. The summed E-state index contributed by atoms with van der Waals surface area (Å²) in [6.45, 7) is 11.6. The largest absolute Gasteiger partial charge is 0.479 e. The summed E-state index contributed by atoms with van der Waals surface area (Å²) in [7, 11) is 5.22. The number of likely N-dealkylation sites (tertiary alicyclic amines) is 1. The number of fused-ring (bicyclic) bond motifs is 1. The lowest BCUT2D eigenvalue weighted by atomic mass is 9.96. The lowest BCUT2D eigenvalue weighted by Gasteiger charge is -2.35. The molecule has 188 valence electrons. The van der Waals surface area contributed by atoms with E-state index in [1.807, 2.05) is 46.6 Å². The molecule has 1 aliphatic heterocycles. The second-order valence-electron chi connectivity index (χ2n) is 10.3. The number of hydrogen-bond donors (Lipinski definition) is 0. The molecule has 2 aromatic heterocycles. The van der Waals surface area contributed by atoms with E-state index in [1.54, 1.807) is 23.7 Å². The maximum atomic E-state index is 13.1. The predicted molar refractivity (Wildman–Crippen MR) is 131 cm³/mol. The van der Waals surface area contributed by atoms with Crippen molar-refractivity contribution < 1.29 is 19.1 Å². The SMILES string of the molecule is COc1nn(C)c2nc(C)c(CCC(=O)N3CCCC(CN(C)C(=O)OC(C)(C)C)C3)c(C)c12. The molecule has 0 saturated carbocycles. The molecule has 1 fully saturated rings. The number of carbonyl (C=O) groups excluding carboxylic acids is 2. The van der Waals surface area contributed by atoms with Crippen molar-refractivity contribution in [1.82, 2.24) is 24.6 Å². The van der Waals surface area contributed by atoms with Crippen molar-refractivity contribution in [1.29, 1.82) is 0 Å². The van der Waals surface area contributed by atoms with E-state index < -0.39 is 5.60 Å². The quantitative estimate of drug-likeness (QED) is 0.636. The van der Waals surface area contributed by atoms with Crippen LogP contribution >= 0.6 is 0 Å². The minimum Gasteiger partial charge on any atom is -0.479 e. The zero-order chi connectivity index (χ0) is 25.2. The van der Waals surface area contributed by atoms with Gasteiger partial charge in [0.1, 0.15) is 5.60 Å². The normalized spacial score (nSPS) is 16.6. The Hall–Kier alpha value is -2.84. The Kier molecular flexibility index (Phi) is 7.73. The predicted octanol–water partition coefficient (Wildman–Crippen LogP) is 3.63. The van der Waals surface area contributed by atoms with Crippen molar-refractivity contribution in [3.05, 3.63) is 16.8 Å². The molecule has 1 aliphatic rings. The van der Waals surface area contributed by atoms with E-state index in [-0.39, 0.29) is 17.9 Å². The van der Waals surface area contributed by atoms with Gasteiger partial charge in [-0.2, -0.15) is 0 Å². The third kappa shape index (κ3) is 5.80. The molecule has 0 spiro atoms. The molecular weight excluding hydrogens is 434 g/mol. The molecule has 0 aliphatic carbocycles. The van der Waals surface area contributed by atoms with E-state index in [1.165, 1.54) is 0 Å². The van der Waals surface area contributed by atoms with Gasteiger partial charge in [-0.15, -0.1) is 5.10 Å². The molecule has 0 radical (unpaired) electrons. The molecule has 1 unspecified atom stereocenters. The van der Waals surface area contributed by atoms with Crippen LogP contribution in [0.25, 0.3) is 11.0 Å². The van der Waals surface area contributed by atoms with Crippen LogP contribution in [0.3, 0.4) is 0 Å². The maximum absolute atomic E-state index is 13.1. The summed E-state index contributed by atoms with van der Waals surface area (Å²) in [4.78, 5) is 33.7. The summed E-state index contributed by atoms with van der Waals surface area (Å²) < 4.78 is 12.6. The number of aryl methyl sites for hydroxylation is 3. The average Bonchev–Trinajstić information content (AvgIpc) is 3.08. The fourth-order valence-corrected chi connectivity index (χ4v) is 4.74. The molecule has 34 heavy (non-hydrogen) atoms. The number of hydrogen-bond acceptors (Lipinski definition) is 6. The lowest BCUT2D eigenvalue weighted by molar-refractivity contribution is -0.133. The standard InChI is InChI=1S/C25H39N5O4/c1-16-19(17(2)26-22-21(16)23(33-8)27-29(22)7)11-12-20(31)30-13-9-10-18(15-30)14-28(6)24(32)34-25(3,4)5/h18H,9-15H2,1-8H3. The number of piperidine rings is 1. The Morgan fingerprint density at radius 1 is 1.24 bits per heavy atom. The average molecular weight is 474 g/mol. The van der Waals surface area contributed by atoms with E-state index in [2.05, 4.69) is 5.10 Å². The molecule has 1 saturated heterocycles. The van der Waals surface area contributed by atoms with E-state index >= 15 is 0 Å². The van der Waals surface area contributed by atoms with Crippen molar-refractivity contribution in [2.45, 2.75) is 65.9 Å². The highest BCUT2D eigenvalue weighted by Crippen LogP contribution is 2.30. The number of ether oxygens (including phenoxy) is 2. The van der Waals surface area contributed by atoms with Crippen LogP contribution in [0.4, 0.5) is 4.79 Å². The summed E-state index contributed by atoms with van der Waals surface area (Å²) in [5.74, 6) is 0.945. The lowest BCUT2D eigenvalue weighted by Crippen LogP contribution is -2.45. The molecule has 0 aromatic carbocycles. The van der Waals surface area contributed by atoms with E-state index in [0.717, 1.165) is 47.2 Å². The molecule has 0 bridgehead atoms. The van der Waals surface area contributed by atoms with E-state index in [0.29, 0.717) is 31.8 Å². The van der Waals surface area contributed by atoms with Gasteiger partial charge in [-0.1, -0.05) is 0 Å². The zero-order valence-electron chi connectivity index (χ0n) is 21.9. The van der Waals surface area contributed by atoms with Gasteiger partial charge in [0, 0.05) is 45.8 Å². The summed E-state index contributed by atoms with van der Waals surface area (Å²) in [5.41, 5.74) is 3.32. The summed E-state index contributed by atoms with van der Waals surface area (Å²) in [6, 6.07) is 0. The van der Waals surface area contributed by atoms with Crippen molar-refractivity contribution in [3.63, 3.8) is 0 Å². The van der Waals surface area contributed by atoms with Gasteiger partial charge < -0.3 is 19.3 Å². The first-order valence-corrected chi connectivity index (χ1v) is 12.0. The Bertz CT molecular complexity index is 1060. The molecule has 2 aromatic rings. The third-order valence-electron chi connectivity index (χ3n) is 6.41. The van der Waals surface area contributed by atoms with Crippen molar-refractivity contribution >= 4 is 23.0 Å². The molecule has 3 rings (SSSR count). The van der Waals surface area contributed by atoms with Crippen LogP contribution in [0, 0.1) is 19.8 Å². The summed E-state index contributed by atoms with van der Waals surface area (Å²) >= 11 is 0. The summed E-state index contributed by atoms with van der Waals surface area (Å²) in [6.07, 6.45) is 2.66. The first-order valence-electron chi connectivity index (χ1n) is 12.0. The van der Waals surface area contributed by atoms with Gasteiger partial charge in [-0.25, -0.2) is 14.5 Å². The molecular formula is C25H39N5O4. The van der Waals surface area contributed by atoms with Gasteiger partial charge in [0.15, 0.2) is 5.65 Å². The maximum Gasteiger partial charge on any atom is 0.410 e. The second kappa shape index (κ2) is 10.2. The van der Waals surface area contributed by atoms with E-state index in [9.17, 15) is 9.59 Å². The smallest absolute Gasteiger partial charge is 0.410 e. The molecule has 9 heteroatoms. The highest BCUT2D eigenvalue weighted by atomic mass is 16.6. The number of amides is 2. The van der Waals surface area contributed by atoms with Crippen molar-refractivity contribution in [2.24, 2.45) is 13.0 Å². The Morgan fingerprint density at radius 3 is 2.59 bits per heavy atom. The van der Waals surface area contributed by atoms with Crippen LogP contribution < -0.4 is 4.74 Å². The topological polar surface area (TPSA) is 89.8 Å². The molecule has 2 amide bonds. The van der Waals surface area contributed by atoms with Crippen LogP contribution in [0.15, 0.2) is 0 Å². The fraction of sp³-hybridized carbons (Fsp3) is 0.680. The van der Waals surface area contributed by atoms with E-state index in [4.69, 9.17) is 14.5 Å². The van der Waals surface area contributed by atoms with Crippen molar-refractivity contribution in [2.75, 3.05) is 33.8 Å². The molecule has 9 nitrogen and oxygen atoms in total. The van der Waals surface area contributed by atoms with Crippen LogP contribution in [0.1, 0.15) is 56.9 Å². The van der Waals surface area contributed by atoms with Gasteiger partial charge >= 0.3 is 6.09 Å². The first-order chi connectivity index (χ1) is 15.9. The number of methoxy groups -OCH3 is 1. The number of carbonyl (C=O) groups is 2. The highest BCUT2D eigenvalue weighted by molar-refractivity contribution is 5.86. The van der Waals surface area contributed by atoms with Crippen LogP contribution in [0.5, 0.6) is 5.88 Å². The molecule has 3 heterocycles. The van der Waals surface area contributed by atoms with Crippen molar-refractivity contribution in [3.8, 4) is 5.88 Å². The number of rotatable bonds is 6. The fourth-order valence-electron chi connectivity index (χ4n) is 4.74. The minimum absolute atomic E-state index is 0.140. The number of aromatic nitrogens is 3. The molecule has 0 N–H and O–H groups in total. The Balaban J connectivity index is 1.63. The van der Waals surface area contributed by atoms with Crippen LogP contribution in [0.2, 0.25) is 0 Å². The first kappa shape index (κ1) is 25.8. The van der Waals surface area contributed by atoms with Gasteiger partial charge in [0.05, 0.1) is 12.5 Å². The number of nitrogens with zero attached hydrogens (tertiary/aromatic N) is 5. The van der Waals surface area contributed by atoms with Crippen LogP contribution in [-0.4, -0.2) is 76.0 Å². The minimum atomic E-state index is -0.520. The van der Waals surface area contributed by atoms with Gasteiger partial charge in [-0.3, -0.25) is 4.79 Å². The monoisotopic (exact) mass is 473 g/mol. The molecule has 1 atom stereocenters. The van der Waals surface area contributed by atoms with Gasteiger partial charge in [0.2, 0.25) is 11.8 Å². The summed E-state index contributed by atoms with van der Waals surface area (Å²) in [5, 5.41) is 5.31. The van der Waals surface area contributed by atoms with Gasteiger partial charge in [-0.05, 0) is 70.9 Å². The van der Waals surface area contributed by atoms with Crippen LogP contribution in [-0.2, 0) is 23.0 Å². The second-order valence-corrected chi connectivity index (χ2v) is 10.3. The highest BCUT2D eigenvalue weighted by Gasteiger charge is 2.28. The van der Waals surface area contributed by atoms with Gasteiger partial charge in [0.25, 0.3) is 0 Å². The Morgan fingerprint density at radius 2 is 1.94 bits per heavy atom. The zero-order valence-corrected chi connectivity index (χ0v) is 21.9.